The number of imidazole rings is 1. The second-order valence-electron chi connectivity index (χ2n) is 3.57. The largest absolute Gasteiger partial charge is 0.441 e. The van der Waals surface area contributed by atoms with E-state index < -0.39 is 0 Å². The molecule has 2 N–H and O–H groups in total. The average molecular weight is 215 g/mol. The topological polar surface area (TPSA) is 74.7 Å². The lowest BCUT2D eigenvalue weighted by Gasteiger charge is -1.95. The Morgan fingerprint density at radius 3 is 3.00 bits per heavy atom. The minimum absolute atomic E-state index is 0.219. The molecule has 0 aliphatic carbocycles. The van der Waals surface area contributed by atoms with Gasteiger partial charge in [0, 0.05) is 18.7 Å². The van der Waals surface area contributed by atoms with Crippen LogP contribution >= 0.6 is 0 Å². The molecule has 16 heavy (non-hydrogen) atoms. The number of aryl methyl sites for hydroxylation is 1. The van der Waals surface area contributed by atoms with Gasteiger partial charge in [0.1, 0.15) is 5.52 Å². The highest BCUT2D eigenvalue weighted by atomic mass is 16.3. The molecular formula is C11H9N3O2. The van der Waals surface area contributed by atoms with Gasteiger partial charge >= 0.3 is 5.69 Å². The zero-order valence-corrected chi connectivity index (χ0v) is 8.57. The summed E-state index contributed by atoms with van der Waals surface area (Å²) in [5.74, 6) is 0.634. The first kappa shape index (κ1) is 8.96. The maximum absolute atomic E-state index is 11.0. The summed E-state index contributed by atoms with van der Waals surface area (Å²) in [7, 11) is 0. The van der Waals surface area contributed by atoms with Crippen LogP contribution in [0.3, 0.4) is 0 Å². The summed E-state index contributed by atoms with van der Waals surface area (Å²) in [6, 6.07) is 5.62. The predicted octanol–water partition coefficient (Wildman–Crippen LogP) is 1.82. The average Bonchev–Trinajstić information content (AvgIpc) is 2.81. The second-order valence-corrected chi connectivity index (χ2v) is 3.57. The SMILES string of the molecule is Cc1nc2ccc(-c3c[nH]c(=O)[nH]3)cc2o1. The standard InChI is InChI=1S/C11H9N3O2/c1-6-13-8-3-2-7(4-10(8)16-6)9-5-12-11(15)14-9/h2-5H,1H3,(H2,12,14,15). The molecule has 3 aromatic rings. The van der Waals surface area contributed by atoms with Gasteiger partial charge in [-0.05, 0) is 12.1 Å². The van der Waals surface area contributed by atoms with E-state index in [1.165, 1.54) is 0 Å². The van der Waals surface area contributed by atoms with Crippen molar-refractivity contribution in [2.45, 2.75) is 6.92 Å². The molecule has 5 nitrogen and oxygen atoms in total. The number of benzene rings is 1. The van der Waals surface area contributed by atoms with Crippen LogP contribution in [0, 0.1) is 6.92 Å². The molecule has 0 spiro atoms. The monoisotopic (exact) mass is 215 g/mol. The van der Waals surface area contributed by atoms with E-state index in [4.69, 9.17) is 4.42 Å². The first-order chi connectivity index (χ1) is 7.72. The van der Waals surface area contributed by atoms with Gasteiger partial charge < -0.3 is 14.4 Å². The third-order valence-corrected chi connectivity index (χ3v) is 2.40. The van der Waals surface area contributed by atoms with Crippen LogP contribution in [0.5, 0.6) is 0 Å². The van der Waals surface area contributed by atoms with Crippen LogP contribution in [-0.2, 0) is 0 Å². The number of nitrogens with one attached hydrogen (secondary N) is 2. The van der Waals surface area contributed by atoms with Gasteiger partial charge in [-0.1, -0.05) is 6.07 Å². The normalized spacial score (nSPS) is 11.1. The first-order valence-corrected chi connectivity index (χ1v) is 4.87. The lowest BCUT2D eigenvalue weighted by molar-refractivity contribution is 0.561. The number of rotatable bonds is 1. The van der Waals surface area contributed by atoms with Crippen molar-refractivity contribution in [2.75, 3.05) is 0 Å². The number of aromatic amines is 2. The number of H-pyrrole nitrogens is 2. The molecule has 0 aliphatic rings. The van der Waals surface area contributed by atoms with E-state index in [1.807, 2.05) is 18.2 Å². The summed E-state index contributed by atoms with van der Waals surface area (Å²) >= 11 is 0. The number of nitrogens with zero attached hydrogens (tertiary/aromatic N) is 1. The molecule has 1 aromatic carbocycles. The van der Waals surface area contributed by atoms with Gasteiger partial charge in [-0.2, -0.15) is 0 Å². The molecule has 5 heteroatoms. The Labute approximate surface area is 90.1 Å². The van der Waals surface area contributed by atoms with Crippen molar-refractivity contribution in [1.82, 2.24) is 15.0 Å². The summed E-state index contributed by atoms with van der Waals surface area (Å²) < 4.78 is 5.42. The summed E-state index contributed by atoms with van der Waals surface area (Å²) in [6.07, 6.45) is 1.63. The Hall–Kier alpha value is -2.30. The van der Waals surface area contributed by atoms with E-state index >= 15 is 0 Å². The summed E-state index contributed by atoms with van der Waals surface area (Å²) in [6.45, 7) is 1.80. The van der Waals surface area contributed by atoms with Gasteiger partial charge in [-0.25, -0.2) is 9.78 Å². The zero-order chi connectivity index (χ0) is 11.1. The summed E-state index contributed by atoms with van der Waals surface area (Å²) in [4.78, 5) is 20.4. The molecule has 80 valence electrons. The van der Waals surface area contributed by atoms with Crippen molar-refractivity contribution in [3.05, 3.63) is 40.8 Å². The van der Waals surface area contributed by atoms with Gasteiger partial charge in [0.25, 0.3) is 0 Å². The highest BCUT2D eigenvalue weighted by Gasteiger charge is 2.05. The molecule has 0 aliphatic heterocycles. The molecule has 0 fully saturated rings. The quantitative estimate of drug-likeness (QED) is 0.650. The Kier molecular flexibility index (Phi) is 1.73. The minimum atomic E-state index is -0.219. The third-order valence-electron chi connectivity index (χ3n) is 2.40. The molecule has 0 radical (unpaired) electrons. The first-order valence-electron chi connectivity index (χ1n) is 4.87. The lowest BCUT2D eigenvalue weighted by atomic mass is 10.1. The van der Waals surface area contributed by atoms with Crippen molar-refractivity contribution >= 4 is 11.1 Å². The highest BCUT2D eigenvalue weighted by molar-refractivity contribution is 5.79. The molecule has 0 atom stereocenters. The molecule has 0 saturated heterocycles. The maximum atomic E-state index is 11.0. The van der Waals surface area contributed by atoms with E-state index in [0.29, 0.717) is 5.89 Å². The van der Waals surface area contributed by atoms with Gasteiger partial charge in [-0.15, -0.1) is 0 Å². The van der Waals surface area contributed by atoms with Crippen molar-refractivity contribution < 1.29 is 4.42 Å². The number of aromatic nitrogens is 3. The van der Waals surface area contributed by atoms with E-state index in [2.05, 4.69) is 15.0 Å². The number of fused-ring (bicyclic) bond motifs is 1. The Morgan fingerprint density at radius 1 is 1.38 bits per heavy atom. The van der Waals surface area contributed by atoms with Crippen molar-refractivity contribution in [3.63, 3.8) is 0 Å². The molecule has 0 amide bonds. The number of hydrogen-bond donors (Lipinski definition) is 2. The molecule has 0 bridgehead atoms. The maximum Gasteiger partial charge on any atom is 0.323 e. The Bertz CT molecular complexity index is 705. The van der Waals surface area contributed by atoms with Crippen LogP contribution in [0.15, 0.2) is 33.6 Å². The summed E-state index contributed by atoms with van der Waals surface area (Å²) in [5.41, 5.74) is 2.95. The molecular weight excluding hydrogens is 206 g/mol. The van der Waals surface area contributed by atoms with Crippen LogP contribution in [-0.4, -0.2) is 15.0 Å². The highest BCUT2D eigenvalue weighted by Crippen LogP contribution is 2.22. The predicted molar refractivity (Wildman–Crippen MR) is 59.2 cm³/mol. The molecule has 0 saturated carbocycles. The van der Waals surface area contributed by atoms with Crippen LogP contribution in [0.1, 0.15) is 5.89 Å². The van der Waals surface area contributed by atoms with E-state index in [1.54, 1.807) is 13.1 Å². The second kappa shape index (κ2) is 3.10. The fourth-order valence-electron chi connectivity index (χ4n) is 1.70. The number of hydrogen-bond acceptors (Lipinski definition) is 3. The minimum Gasteiger partial charge on any atom is -0.441 e. The Morgan fingerprint density at radius 2 is 2.25 bits per heavy atom. The summed E-state index contributed by atoms with van der Waals surface area (Å²) in [5, 5.41) is 0. The molecule has 0 unspecified atom stereocenters. The Balaban J connectivity index is 2.21. The van der Waals surface area contributed by atoms with Crippen molar-refractivity contribution in [1.29, 1.82) is 0 Å². The van der Waals surface area contributed by atoms with E-state index in [9.17, 15) is 4.79 Å². The molecule has 2 aromatic heterocycles. The van der Waals surface area contributed by atoms with Crippen LogP contribution in [0.4, 0.5) is 0 Å². The third kappa shape index (κ3) is 1.33. The van der Waals surface area contributed by atoms with Crippen molar-refractivity contribution in [3.8, 4) is 11.3 Å². The van der Waals surface area contributed by atoms with Crippen molar-refractivity contribution in [2.24, 2.45) is 0 Å². The molecule has 3 rings (SSSR count). The molecule has 2 heterocycles. The van der Waals surface area contributed by atoms with Gasteiger partial charge in [0.2, 0.25) is 0 Å². The van der Waals surface area contributed by atoms with Gasteiger partial charge in [-0.3, -0.25) is 0 Å². The lowest BCUT2D eigenvalue weighted by Crippen LogP contribution is -1.99. The fraction of sp³-hybridized carbons (Fsp3) is 0.0909. The van der Waals surface area contributed by atoms with E-state index in [-0.39, 0.29) is 5.69 Å². The van der Waals surface area contributed by atoms with Crippen LogP contribution in [0.2, 0.25) is 0 Å². The number of oxazole rings is 1. The smallest absolute Gasteiger partial charge is 0.323 e. The van der Waals surface area contributed by atoms with Gasteiger partial charge in [0.15, 0.2) is 11.5 Å². The fourth-order valence-corrected chi connectivity index (χ4v) is 1.70. The van der Waals surface area contributed by atoms with Crippen LogP contribution in [0.25, 0.3) is 22.4 Å². The van der Waals surface area contributed by atoms with Gasteiger partial charge in [0.05, 0.1) is 5.69 Å². The zero-order valence-electron chi connectivity index (χ0n) is 8.57. The van der Waals surface area contributed by atoms with Crippen LogP contribution < -0.4 is 5.69 Å². The van der Waals surface area contributed by atoms with E-state index in [0.717, 1.165) is 22.4 Å².